The van der Waals surface area contributed by atoms with Gasteiger partial charge >= 0.3 is 6.18 Å². The average Bonchev–Trinajstić information content (AvgIpc) is 2.53. The Kier molecular flexibility index (Phi) is 5.73. The molecule has 134 valence electrons. The number of alkyl halides is 3. The fourth-order valence-electron chi connectivity index (χ4n) is 2.26. The van der Waals surface area contributed by atoms with Crippen molar-refractivity contribution in [3.63, 3.8) is 0 Å². The summed E-state index contributed by atoms with van der Waals surface area (Å²) in [6, 6.07) is 8.75. The SMILES string of the molecule is CCS(=O)(=O)Cc1ccc(C(=O)c2ccccc2C(F)(F)F)c(Br)c1. The van der Waals surface area contributed by atoms with E-state index < -0.39 is 32.9 Å². The molecule has 0 fully saturated rings. The molecule has 0 aliphatic carbocycles. The molecule has 0 amide bonds. The van der Waals surface area contributed by atoms with Gasteiger partial charge in [0.15, 0.2) is 15.6 Å². The zero-order valence-electron chi connectivity index (χ0n) is 13.1. The monoisotopic (exact) mass is 434 g/mol. The van der Waals surface area contributed by atoms with E-state index in [1.807, 2.05) is 0 Å². The van der Waals surface area contributed by atoms with Crippen molar-refractivity contribution < 1.29 is 26.4 Å². The van der Waals surface area contributed by atoms with Gasteiger partial charge in [0.1, 0.15) is 0 Å². The van der Waals surface area contributed by atoms with Gasteiger partial charge in [0.2, 0.25) is 0 Å². The fraction of sp³-hybridized carbons (Fsp3) is 0.235. The minimum atomic E-state index is -4.64. The molecule has 0 aliphatic rings. The molecule has 0 saturated carbocycles. The summed E-state index contributed by atoms with van der Waals surface area (Å²) in [7, 11) is -3.26. The van der Waals surface area contributed by atoms with Crippen LogP contribution in [0.2, 0.25) is 0 Å². The molecule has 2 aromatic rings. The van der Waals surface area contributed by atoms with Gasteiger partial charge in [-0.05, 0) is 23.8 Å². The maximum Gasteiger partial charge on any atom is 0.417 e. The number of halogens is 4. The highest BCUT2D eigenvalue weighted by Crippen LogP contribution is 2.34. The van der Waals surface area contributed by atoms with E-state index >= 15 is 0 Å². The molecule has 0 spiro atoms. The first kappa shape index (κ1) is 19.7. The average molecular weight is 435 g/mol. The predicted octanol–water partition coefficient (Wildman–Crippen LogP) is 4.63. The van der Waals surface area contributed by atoms with E-state index in [-0.39, 0.29) is 21.5 Å². The van der Waals surface area contributed by atoms with Crippen molar-refractivity contribution in [2.75, 3.05) is 5.75 Å². The van der Waals surface area contributed by atoms with Crippen molar-refractivity contribution in [3.8, 4) is 0 Å². The van der Waals surface area contributed by atoms with Crippen LogP contribution in [0.1, 0.15) is 34.0 Å². The summed E-state index contributed by atoms with van der Waals surface area (Å²) in [4.78, 5) is 12.5. The Hall–Kier alpha value is -1.67. The predicted molar refractivity (Wildman–Crippen MR) is 92.2 cm³/mol. The quantitative estimate of drug-likeness (QED) is 0.644. The van der Waals surface area contributed by atoms with Crippen molar-refractivity contribution in [1.82, 2.24) is 0 Å². The second-order valence-corrected chi connectivity index (χ2v) is 8.57. The minimum absolute atomic E-state index is 0.0236. The largest absolute Gasteiger partial charge is 0.417 e. The van der Waals surface area contributed by atoms with Gasteiger partial charge in [-0.3, -0.25) is 4.79 Å². The smallest absolute Gasteiger partial charge is 0.289 e. The lowest BCUT2D eigenvalue weighted by Gasteiger charge is -2.13. The molecule has 8 heteroatoms. The van der Waals surface area contributed by atoms with Crippen LogP contribution in [0, 0.1) is 0 Å². The van der Waals surface area contributed by atoms with Crippen molar-refractivity contribution in [2.24, 2.45) is 0 Å². The van der Waals surface area contributed by atoms with E-state index in [0.717, 1.165) is 12.1 Å². The summed E-state index contributed by atoms with van der Waals surface area (Å²) >= 11 is 3.15. The fourth-order valence-corrected chi connectivity index (χ4v) is 3.76. The first-order valence-corrected chi connectivity index (χ1v) is 9.86. The molecule has 0 saturated heterocycles. The van der Waals surface area contributed by atoms with Gasteiger partial charge in [-0.1, -0.05) is 47.1 Å². The zero-order chi connectivity index (χ0) is 18.8. The van der Waals surface area contributed by atoms with E-state index in [0.29, 0.717) is 5.56 Å². The summed E-state index contributed by atoms with van der Waals surface area (Å²) in [5, 5.41) is 0. The van der Waals surface area contributed by atoms with E-state index in [4.69, 9.17) is 0 Å². The molecule has 0 atom stereocenters. The maximum atomic E-state index is 13.1. The van der Waals surface area contributed by atoms with Crippen LogP contribution < -0.4 is 0 Å². The zero-order valence-corrected chi connectivity index (χ0v) is 15.5. The highest BCUT2D eigenvalue weighted by molar-refractivity contribution is 9.10. The lowest BCUT2D eigenvalue weighted by atomic mass is 9.97. The minimum Gasteiger partial charge on any atom is -0.289 e. The molecule has 0 aliphatic heterocycles. The Morgan fingerprint density at radius 1 is 1.08 bits per heavy atom. The van der Waals surface area contributed by atoms with Crippen molar-refractivity contribution >= 4 is 31.6 Å². The van der Waals surface area contributed by atoms with Crippen molar-refractivity contribution in [2.45, 2.75) is 18.9 Å². The Balaban J connectivity index is 2.42. The summed E-state index contributed by atoms with van der Waals surface area (Å²) in [5.41, 5.74) is -0.974. The second kappa shape index (κ2) is 7.29. The van der Waals surface area contributed by atoms with E-state index in [2.05, 4.69) is 15.9 Å². The van der Waals surface area contributed by atoms with Crippen LogP contribution >= 0.6 is 15.9 Å². The van der Waals surface area contributed by atoms with Gasteiger partial charge in [0.25, 0.3) is 0 Å². The van der Waals surface area contributed by atoms with Gasteiger partial charge in [0, 0.05) is 21.4 Å². The van der Waals surface area contributed by atoms with Crippen LogP contribution in [0.3, 0.4) is 0 Å². The van der Waals surface area contributed by atoms with Crippen LogP contribution in [-0.2, 0) is 21.8 Å². The molecule has 0 aromatic heterocycles. The lowest BCUT2D eigenvalue weighted by molar-refractivity contribution is -0.137. The number of hydrogen-bond acceptors (Lipinski definition) is 3. The number of carbonyl (C=O) groups is 1. The Bertz CT molecular complexity index is 906. The molecule has 2 aromatic carbocycles. The van der Waals surface area contributed by atoms with Crippen LogP contribution in [0.5, 0.6) is 0 Å². The Morgan fingerprint density at radius 3 is 2.28 bits per heavy atom. The van der Waals surface area contributed by atoms with Gasteiger partial charge in [-0.2, -0.15) is 13.2 Å². The molecule has 3 nitrogen and oxygen atoms in total. The Morgan fingerprint density at radius 2 is 1.72 bits per heavy atom. The first-order chi connectivity index (χ1) is 11.5. The highest BCUT2D eigenvalue weighted by atomic mass is 79.9. The van der Waals surface area contributed by atoms with Gasteiger partial charge in [-0.25, -0.2) is 8.42 Å². The van der Waals surface area contributed by atoms with Crippen LogP contribution in [0.25, 0.3) is 0 Å². The molecular weight excluding hydrogens is 421 g/mol. The normalized spacial score (nSPS) is 12.2. The molecule has 0 heterocycles. The summed E-state index contributed by atoms with van der Waals surface area (Å²) in [6.45, 7) is 1.52. The number of carbonyl (C=O) groups excluding carboxylic acids is 1. The molecule has 0 radical (unpaired) electrons. The molecule has 25 heavy (non-hydrogen) atoms. The molecule has 0 unspecified atom stereocenters. The van der Waals surface area contributed by atoms with Crippen LogP contribution in [0.15, 0.2) is 46.9 Å². The number of rotatable bonds is 5. The molecule has 0 N–H and O–H groups in total. The van der Waals surface area contributed by atoms with Crippen molar-refractivity contribution in [3.05, 3.63) is 69.2 Å². The number of ketones is 1. The number of benzene rings is 2. The molecular formula is C17H14BrF3O3S. The second-order valence-electron chi connectivity index (χ2n) is 5.36. The van der Waals surface area contributed by atoms with Crippen LogP contribution in [0.4, 0.5) is 13.2 Å². The molecule has 2 rings (SSSR count). The van der Waals surface area contributed by atoms with Crippen molar-refractivity contribution in [1.29, 1.82) is 0 Å². The third-order valence-corrected chi connectivity index (χ3v) is 5.89. The third-order valence-electron chi connectivity index (χ3n) is 3.58. The maximum absolute atomic E-state index is 13.1. The van der Waals surface area contributed by atoms with E-state index in [1.54, 1.807) is 0 Å². The lowest BCUT2D eigenvalue weighted by Crippen LogP contribution is -2.14. The number of sulfone groups is 1. The van der Waals surface area contributed by atoms with Gasteiger partial charge in [0.05, 0.1) is 11.3 Å². The first-order valence-electron chi connectivity index (χ1n) is 7.25. The van der Waals surface area contributed by atoms with Gasteiger partial charge in [-0.15, -0.1) is 0 Å². The molecule has 0 bridgehead atoms. The summed E-state index contributed by atoms with van der Waals surface area (Å²) in [5.74, 6) is -1.01. The third kappa shape index (κ3) is 4.70. The highest BCUT2D eigenvalue weighted by Gasteiger charge is 2.35. The standard InChI is InChI=1S/C17H14BrF3O3S/c1-2-25(23,24)10-11-7-8-13(15(18)9-11)16(22)12-5-3-4-6-14(12)17(19,20)21/h3-9H,2,10H2,1H3. The topological polar surface area (TPSA) is 51.2 Å². The van der Waals surface area contributed by atoms with E-state index in [1.165, 1.54) is 37.3 Å². The van der Waals surface area contributed by atoms with E-state index in [9.17, 15) is 26.4 Å². The Labute approximate surface area is 151 Å². The number of hydrogen-bond donors (Lipinski definition) is 0. The van der Waals surface area contributed by atoms with Gasteiger partial charge < -0.3 is 0 Å². The van der Waals surface area contributed by atoms with Crippen LogP contribution in [-0.4, -0.2) is 20.0 Å². The summed E-state index contributed by atoms with van der Waals surface area (Å²) < 4.78 is 62.8. The summed E-state index contributed by atoms with van der Waals surface area (Å²) in [6.07, 6.45) is -4.64.